The Morgan fingerprint density at radius 1 is 1.48 bits per heavy atom. The monoisotopic (exact) mass is 308 g/mol. The van der Waals surface area contributed by atoms with Gasteiger partial charge in [0.05, 0.1) is 18.4 Å². The summed E-state index contributed by atoms with van der Waals surface area (Å²) in [5.41, 5.74) is 0.448. The lowest BCUT2D eigenvalue weighted by atomic mass is 10.1. The van der Waals surface area contributed by atoms with Crippen molar-refractivity contribution in [3.05, 3.63) is 41.7 Å². The van der Waals surface area contributed by atoms with E-state index in [9.17, 15) is 4.79 Å². The molecule has 0 radical (unpaired) electrons. The molecule has 1 rings (SSSR count). The first-order valence-corrected chi connectivity index (χ1v) is 6.45. The summed E-state index contributed by atoms with van der Waals surface area (Å²) < 4.78 is 5.17. The molecule has 0 spiro atoms. The predicted octanol–water partition coefficient (Wildman–Crippen LogP) is 1.76. The van der Waals surface area contributed by atoms with Crippen LogP contribution in [0.4, 0.5) is 5.82 Å². The maximum atomic E-state index is 11.7. The fourth-order valence-corrected chi connectivity index (χ4v) is 1.49. The van der Waals surface area contributed by atoms with Crippen LogP contribution in [-0.4, -0.2) is 37.8 Å². The van der Waals surface area contributed by atoms with Crippen molar-refractivity contribution in [2.24, 2.45) is 4.99 Å². The SMILES string of the molecule is C=C(C(=O)NC)C(C=C(Cl)NC)=Nc1ncccc1OC. The van der Waals surface area contributed by atoms with Crippen LogP contribution >= 0.6 is 11.6 Å². The van der Waals surface area contributed by atoms with E-state index in [-0.39, 0.29) is 17.2 Å². The number of nitrogens with one attached hydrogen (secondary N) is 2. The Morgan fingerprint density at radius 3 is 2.76 bits per heavy atom. The minimum atomic E-state index is -0.361. The zero-order chi connectivity index (χ0) is 15.8. The number of likely N-dealkylation sites (N-methyl/N-ethyl adjacent to an activating group) is 1. The molecule has 0 aliphatic heterocycles. The lowest BCUT2D eigenvalue weighted by Crippen LogP contribution is -2.24. The molecule has 0 unspecified atom stereocenters. The Kier molecular flexibility index (Phi) is 6.42. The van der Waals surface area contributed by atoms with Gasteiger partial charge in [0.25, 0.3) is 5.91 Å². The number of carbonyl (C=O) groups is 1. The molecule has 7 heteroatoms. The molecular formula is C14H17ClN4O2. The third kappa shape index (κ3) is 4.61. The van der Waals surface area contributed by atoms with E-state index in [0.717, 1.165) is 0 Å². The summed E-state index contributed by atoms with van der Waals surface area (Å²) in [4.78, 5) is 20.1. The van der Waals surface area contributed by atoms with Gasteiger partial charge < -0.3 is 15.4 Å². The molecule has 1 aromatic rings. The van der Waals surface area contributed by atoms with Gasteiger partial charge in [-0.1, -0.05) is 18.2 Å². The molecule has 0 saturated carbocycles. The Bertz CT molecular complexity index is 596. The molecule has 112 valence electrons. The van der Waals surface area contributed by atoms with Crippen molar-refractivity contribution < 1.29 is 9.53 Å². The molecule has 6 nitrogen and oxygen atoms in total. The van der Waals surface area contributed by atoms with Crippen LogP contribution in [-0.2, 0) is 4.79 Å². The number of nitrogens with zero attached hydrogens (tertiary/aromatic N) is 2. The molecule has 0 fully saturated rings. The van der Waals surface area contributed by atoms with E-state index in [4.69, 9.17) is 16.3 Å². The molecular weight excluding hydrogens is 292 g/mol. The van der Waals surface area contributed by atoms with Gasteiger partial charge in [-0.3, -0.25) is 4.79 Å². The number of hydrogen-bond acceptors (Lipinski definition) is 5. The maximum absolute atomic E-state index is 11.7. The van der Waals surface area contributed by atoms with Gasteiger partial charge in [0.1, 0.15) is 5.16 Å². The van der Waals surface area contributed by atoms with Crippen molar-refractivity contribution in [1.82, 2.24) is 15.6 Å². The second-order valence-electron chi connectivity index (χ2n) is 3.83. The fourth-order valence-electron chi connectivity index (χ4n) is 1.39. The smallest absolute Gasteiger partial charge is 0.252 e. The molecule has 1 aromatic heterocycles. The van der Waals surface area contributed by atoms with Crippen molar-refractivity contribution in [2.75, 3.05) is 21.2 Å². The van der Waals surface area contributed by atoms with Crippen LogP contribution in [0, 0.1) is 0 Å². The van der Waals surface area contributed by atoms with Crippen molar-refractivity contribution in [3.8, 4) is 5.75 Å². The van der Waals surface area contributed by atoms with Crippen LogP contribution in [0.15, 0.2) is 46.7 Å². The molecule has 0 saturated heterocycles. The summed E-state index contributed by atoms with van der Waals surface area (Å²) in [5, 5.41) is 5.54. The normalized spacial score (nSPS) is 11.8. The topological polar surface area (TPSA) is 75.6 Å². The molecule has 0 aliphatic rings. The molecule has 1 amide bonds. The summed E-state index contributed by atoms with van der Waals surface area (Å²) in [5.74, 6) is 0.450. The van der Waals surface area contributed by atoms with Crippen LogP contribution in [0.1, 0.15) is 0 Å². The third-order valence-corrected chi connectivity index (χ3v) is 2.81. The standard InChI is InChI=1S/C14H17ClN4O2/c1-9(14(20)17-3)10(8-12(15)16-2)19-13-11(21-4)6-5-7-18-13/h5-8,16H,1H2,2-4H3,(H,17,20). The van der Waals surface area contributed by atoms with Crippen LogP contribution in [0.5, 0.6) is 5.75 Å². The highest BCUT2D eigenvalue weighted by molar-refractivity contribution is 6.34. The molecule has 1 heterocycles. The number of hydrogen-bond donors (Lipinski definition) is 2. The predicted molar refractivity (Wildman–Crippen MR) is 84.1 cm³/mol. The average molecular weight is 309 g/mol. The Labute approximate surface area is 128 Å². The first kappa shape index (κ1) is 16.7. The van der Waals surface area contributed by atoms with E-state index in [1.165, 1.54) is 20.2 Å². The largest absolute Gasteiger partial charge is 0.493 e. The number of rotatable bonds is 6. The number of methoxy groups -OCH3 is 1. The summed E-state index contributed by atoms with van der Waals surface area (Å²) in [6, 6.07) is 3.44. The highest BCUT2D eigenvalue weighted by Crippen LogP contribution is 2.24. The zero-order valence-electron chi connectivity index (χ0n) is 12.1. The van der Waals surface area contributed by atoms with Gasteiger partial charge in [0, 0.05) is 20.3 Å². The van der Waals surface area contributed by atoms with Crippen molar-refractivity contribution in [2.45, 2.75) is 0 Å². The van der Waals surface area contributed by atoms with E-state index in [0.29, 0.717) is 16.7 Å². The first-order valence-electron chi connectivity index (χ1n) is 6.07. The molecule has 0 aromatic carbocycles. The quantitative estimate of drug-likeness (QED) is 0.477. The maximum Gasteiger partial charge on any atom is 0.252 e. The van der Waals surface area contributed by atoms with E-state index in [1.54, 1.807) is 25.4 Å². The third-order valence-electron chi connectivity index (χ3n) is 2.51. The lowest BCUT2D eigenvalue weighted by Gasteiger charge is -2.08. The van der Waals surface area contributed by atoms with E-state index < -0.39 is 0 Å². The van der Waals surface area contributed by atoms with Crippen LogP contribution in [0.25, 0.3) is 0 Å². The zero-order valence-corrected chi connectivity index (χ0v) is 12.9. The molecule has 21 heavy (non-hydrogen) atoms. The first-order chi connectivity index (χ1) is 10.0. The van der Waals surface area contributed by atoms with Crippen molar-refractivity contribution >= 4 is 29.0 Å². The summed E-state index contributed by atoms with van der Waals surface area (Å²) >= 11 is 5.94. The van der Waals surface area contributed by atoms with Gasteiger partial charge in [-0.05, 0) is 18.2 Å². The summed E-state index contributed by atoms with van der Waals surface area (Å²) in [7, 11) is 4.68. The highest BCUT2D eigenvalue weighted by Gasteiger charge is 2.13. The van der Waals surface area contributed by atoms with Gasteiger partial charge in [-0.2, -0.15) is 0 Å². The summed E-state index contributed by atoms with van der Waals surface area (Å²) in [6.07, 6.45) is 3.07. The van der Waals surface area contributed by atoms with Crippen LogP contribution in [0.2, 0.25) is 0 Å². The molecule has 0 bridgehead atoms. The number of aromatic nitrogens is 1. The number of allylic oxidation sites excluding steroid dienone is 1. The minimum absolute atomic E-state index is 0.165. The Hall–Kier alpha value is -2.34. The number of ether oxygens (including phenoxy) is 1. The number of aliphatic imine (C=N–C) groups is 1. The summed E-state index contributed by atoms with van der Waals surface area (Å²) in [6.45, 7) is 3.72. The van der Waals surface area contributed by atoms with Crippen molar-refractivity contribution in [3.63, 3.8) is 0 Å². The molecule has 0 atom stereocenters. The van der Waals surface area contributed by atoms with E-state index in [1.807, 2.05) is 0 Å². The fraction of sp³-hybridized carbons (Fsp3) is 0.214. The minimum Gasteiger partial charge on any atom is -0.493 e. The lowest BCUT2D eigenvalue weighted by molar-refractivity contribution is -0.116. The number of carbonyl (C=O) groups excluding carboxylic acids is 1. The molecule has 2 N–H and O–H groups in total. The number of halogens is 1. The highest BCUT2D eigenvalue weighted by atomic mass is 35.5. The van der Waals surface area contributed by atoms with Gasteiger partial charge in [-0.15, -0.1) is 0 Å². The second-order valence-corrected chi connectivity index (χ2v) is 4.23. The van der Waals surface area contributed by atoms with Crippen LogP contribution in [0.3, 0.4) is 0 Å². The van der Waals surface area contributed by atoms with Crippen molar-refractivity contribution in [1.29, 1.82) is 0 Å². The number of pyridine rings is 1. The van der Waals surface area contributed by atoms with E-state index >= 15 is 0 Å². The van der Waals surface area contributed by atoms with Gasteiger partial charge in [0.15, 0.2) is 11.6 Å². The Balaban J connectivity index is 3.32. The van der Waals surface area contributed by atoms with Gasteiger partial charge >= 0.3 is 0 Å². The van der Waals surface area contributed by atoms with Crippen LogP contribution < -0.4 is 15.4 Å². The number of amides is 1. The average Bonchev–Trinajstić information content (AvgIpc) is 2.52. The van der Waals surface area contributed by atoms with E-state index in [2.05, 4.69) is 27.2 Å². The Morgan fingerprint density at radius 2 is 2.19 bits per heavy atom. The van der Waals surface area contributed by atoms with Gasteiger partial charge in [0.2, 0.25) is 0 Å². The molecule has 0 aliphatic carbocycles. The van der Waals surface area contributed by atoms with Gasteiger partial charge in [-0.25, -0.2) is 9.98 Å². The second kappa shape index (κ2) is 8.06.